The maximum Gasteiger partial charge on any atom is 0.406 e. The van der Waals surface area contributed by atoms with Gasteiger partial charge in [-0.25, -0.2) is 0 Å². The average molecular weight is 311 g/mol. The minimum absolute atomic E-state index is 0.0648. The van der Waals surface area contributed by atoms with E-state index in [1.807, 2.05) is 0 Å². The van der Waals surface area contributed by atoms with Crippen LogP contribution in [0, 0.1) is 10.1 Å². The van der Waals surface area contributed by atoms with E-state index in [2.05, 4.69) is 0 Å². The van der Waals surface area contributed by atoms with Crippen LogP contribution >= 0.6 is 11.6 Å². The van der Waals surface area contributed by atoms with Crippen LogP contribution in [-0.2, 0) is 0 Å². The molecule has 0 unspecified atom stereocenters. The van der Waals surface area contributed by atoms with E-state index in [0.717, 1.165) is 24.3 Å². The first kappa shape index (κ1) is 16.2. The van der Waals surface area contributed by atoms with Gasteiger partial charge < -0.3 is 4.90 Å². The third kappa shape index (κ3) is 4.69. The zero-order chi connectivity index (χ0) is 15.3. The van der Waals surface area contributed by atoms with E-state index in [1.54, 1.807) is 0 Å². The molecule has 0 fully saturated rings. The zero-order valence-electron chi connectivity index (χ0n) is 10.1. The summed E-state index contributed by atoms with van der Waals surface area (Å²) in [5.41, 5.74) is -0.314. The van der Waals surface area contributed by atoms with Crippen molar-refractivity contribution in [2.24, 2.45) is 0 Å². The number of halogens is 4. The molecule has 1 amide bonds. The summed E-state index contributed by atoms with van der Waals surface area (Å²) in [6.45, 7) is -1.69. The van der Waals surface area contributed by atoms with Crippen molar-refractivity contribution in [1.29, 1.82) is 0 Å². The molecule has 0 radical (unpaired) electrons. The van der Waals surface area contributed by atoms with Crippen LogP contribution in [0.2, 0.25) is 0 Å². The van der Waals surface area contributed by atoms with Crippen molar-refractivity contribution in [2.45, 2.75) is 6.18 Å². The third-order valence-electron chi connectivity index (χ3n) is 2.34. The van der Waals surface area contributed by atoms with Gasteiger partial charge in [-0.2, -0.15) is 13.2 Å². The van der Waals surface area contributed by atoms with E-state index in [4.69, 9.17) is 11.6 Å². The fourth-order valence-electron chi connectivity index (χ4n) is 1.48. The summed E-state index contributed by atoms with van der Waals surface area (Å²) in [4.78, 5) is 22.2. The molecule has 0 aliphatic carbocycles. The average Bonchev–Trinajstić information content (AvgIpc) is 2.36. The summed E-state index contributed by atoms with van der Waals surface area (Å²) in [6.07, 6.45) is -4.54. The maximum absolute atomic E-state index is 12.3. The minimum Gasteiger partial charge on any atom is -0.328 e. The summed E-state index contributed by atoms with van der Waals surface area (Å²) < 4.78 is 37.0. The van der Waals surface area contributed by atoms with Crippen molar-refractivity contribution in [3.63, 3.8) is 0 Å². The Morgan fingerprint density at radius 1 is 1.30 bits per heavy atom. The number of hydrogen-bond acceptors (Lipinski definition) is 3. The number of amides is 1. The molecule has 1 rings (SSSR count). The quantitative estimate of drug-likeness (QED) is 0.477. The lowest BCUT2D eigenvalue weighted by atomic mass is 10.2. The van der Waals surface area contributed by atoms with Crippen molar-refractivity contribution in [3.8, 4) is 0 Å². The van der Waals surface area contributed by atoms with Gasteiger partial charge in [0.1, 0.15) is 6.54 Å². The van der Waals surface area contributed by atoms with E-state index in [0.29, 0.717) is 4.90 Å². The van der Waals surface area contributed by atoms with Gasteiger partial charge in [0.05, 0.1) is 4.92 Å². The van der Waals surface area contributed by atoms with Gasteiger partial charge in [0.15, 0.2) is 0 Å². The number of benzene rings is 1. The van der Waals surface area contributed by atoms with Crippen LogP contribution in [0.4, 0.5) is 18.9 Å². The second-order valence-electron chi connectivity index (χ2n) is 3.83. The number of rotatable bonds is 5. The van der Waals surface area contributed by atoms with Crippen LogP contribution in [0.5, 0.6) is 0 Å². The van der Waals surface area contributed by atoms with Gasteiger partial charge in [0.2, 0.25) is 0 Å². The summed E-state index contributed by atoms with van der Waals surface area (Å²) in [5, 5.41) is 10.5. The van der Waals surface area contributed by atoms with Gasteiger partial charge in [-0.3, -0.25) is 14.9 Å². The number of hydrogen-bond donors (Lipinski definition) is 0. The van der Waals surface area contributed by atoms with E-state index in [9.17, 15) is 28.1 Å². The third-order valence-corrected chi connectivity index (χ3v) is 2.51. The highest BCUT2D eigenvalue weighted by Crippen LogP contribution is 2.19. The largest absolute Gasteiger partial charge is 0.406 e. The zero-order valence-corrected chi connectivity index (χ0v) is 10.8. The Hall–Kier alpha value is -1.83. The Bertz CT molecular complexity index is 491. The van der Waals surface area contributed by atoms with E-state index >= 15 is 0 Å². The van der Waals surface area contributed by atoms with Gasteiger partial charge >= 0.3 is 6.18 Å². The minimum atomic E-state index is -4.54. The predicted molar refractivity (Wildman–Crippen MR) is 65.8 cm³/mol. The number of carbonyl (C=O) groups excluding carboxylic acids is 1. The molecule has 0 N–H and O–H groups in total. The van der Waals surface area contributed by atoms with Crippen LogP contribution in [0.3, 0.4) is 0 Å². The molecule has 0 aliphatic heterocycles. The van der Waals surface area contributed by atoms with Crippen molar-refractivity contribution in [3.05, 3.63) is 39.9 Å². The number of nitro benzene ring substituents is 1. The van der Waals surface area contributed by atoms with Crippen LogP contribution < -0.4 is 0 Å². The molecule has 0 atom stereocenters. The van der Waals surface area contributed by atoms with Gasteiger partial charge in [0, 0.05) is 30.1 Å². The number of carbonyl (C=O) groups is 1. The van der Waals surface area contributed by atoms with Crippen LogP contribution in [0.25, 0.3) is 0 Å². The first-order valence-corrected chi connectivity index (χ1v) is 5.94. The molecular weight excluding hydrogens is 301 g/mol. The normalized spacial score (nSPS) is 11.2. The highest BCUT2D eigenvalue weighted by molar-refractivity contribution is 6.18. The fraction of sp³-hybridized carbons (Fsp3) is 0.364. The van der Waals surface area contributed by atoms with Crippen LogP contribution in [-0.4, -0.2) is 40.9 Å². The SMILES string of the molecule is O=C(c1ccc([N+](=O)[O-])cc1)N(CCCl)CC(F)(F)F. The Morgan fingerprint density at radius 3 is 2.25 bits per heavy atom. The number of nitro groups is 1. The Kier molecular flexibility index (Phi) is 5.32. The Balaban J connectivity index is 2.91. The van der Waals surface area contributed by atoms with E-state index in [-0.39, 0.29) is 23.7 Å². The first-order chi connectivity index (χ1) is 9.24. The van der Waals surface area contributed by atoms with Crippen LogP contribution in [0.1, 0.15) is 10.4 Å². The molecule has 0 aliphatic rings. The lowest BCUT2D eigenvalue weighted by Crippen LogP contribution is -2.40. The molecule has 0 aromatic heterocycles. The van der Waals surface area contributed by atoms with Gasteiger partial charge in [-0.05, 0) is 12.1 Å². The van der Waals surface area contributed by atoms with Gasteiger partial charge in [-0.1, -0.05) is 0 Å². The topological polar surface area (TPSA) is 63.4 Å². The highest BCUT2D eigenvalue weighted by atomic mass is 35.5. The Labute approximate surface area is 117 Å². The highest BCUT2D eigenvalue weighted by Gasteiger charge is 2.33. The fourth-order valence-corrected chi connectivity index (χ4v) is 1.68. The number of alkyl halides is 4. The summed E-state index contributed by atoms with van der Waals surface area (Å²) in [5.74, 6) is -1.02. The van der Waals surface area contributed by atoms with E-state index < -0.39 is 23.6 Å². The molecule has 5 nitrogen and oxygen atoms in total. The first-order valence-electron chi connectivity index (χ1n) is 5.41. The summed E-state index contributed by atoms with van der Waals surface area (Å²) in [6, 6.07) is 4.33. The molecule has 1 aromatic rings. The lowest BCUT2D eigenvalue weighted by Gasteiger charge is -2.23. The van der Waals surface area contributed by atoms with Crippen LogP contribution in [0.15, 0.2) is 24.3 Å². The number of nitrogens with zero attached hydrogens (tertiary/aromatic N) is 2. The number of non-ortho nitro benzene ring substituents is 1. The molecule has 1 aromatic carbocycles. The molecule has 9 heteroatoms. The maximum atomic E-state index is 12.3. The van der Waals surface area contributed by atoms with Gasteiger partial charge in [-0.15, -0.1) is 11.6 Å². The molecule has 110 valence electrons. The molecule has 0 saturated carbocycles. The van der Waals surface area contributed by atoms with Crippen molar-refractivity contribution < 1.29 is 22.9 Å². The van der Waals surface area contributed by atoms with Gasteiger partial charge in [0.25, 0.3) is 11.6 Å². The molecule has 0 saturated heterocycles. The Morgan fingerprint density at radius 2 is 1.85 bits per heavy atom. The molecule has 0 heterocycles. The van der Waals surface area contributed by atoms with Crippen molar-refractivity contribution in [1.82, 2.24) is 4.90 Å². The molecular formula is C11H10ClF3N2O3. The molecule has 0 bridgehead atoms. The predicted octanol–water partition coefficient (Wildman–Crippen LogP) is 2.84. The molecule has 20 heavy (non-hydrogen) atoms. The summed E-state index contributed by atoms with van der Waals surface area (Å²) in [7, 11) is 0. The standard InChI is InChI=1S/C11H10ClF3N2O3/c12-5-6-16(7-11(13,14)15)10(18)8-1-3-9(4-2-8)17(19)20/h1-4H,5-7H2. The second kappa shape index (κ2) is 6.56. The van der Waals surface area contributed by atoms with E-state index in [1.165, 1.54) is 0 Å². The second-order valence-corrected chi connectivity index (χ2v) is 4.21. The van der Waals surface area contributed by atoms with Crippen molar-refractivity contribution >= 4 is 23.2 Å². The summed E-state index contributed by atoms with van der Waals surface area (Å²) >= 11 is 5.37. The monoisotopic (exact) mass is 310 g/mol. The van der Waals surface area contributed by atoms with Crippen molar-refractivity contribution in [2.75, 3.05) is 19.0 Å². The molecule has 0 spiro atoms. The lowest BCUT2D eigenvalue weighted by molar-refractivity contribution is -0.384. The smallest absolute Gasteiger partial charge is 0.328 e.